The molecule has 9 rings (SSSR count). The first-order valence-electron chi connectivity index (χ1n) is 14.3. The molecule has 2 saturated heterocycles. The number of phenolic OH excluding ortho intramolecular Hbond substituents is 2. The first-order valence-corrected chi connectivity index (χ1v) is 15.8. The number of aliphatic hydroxyl groups is 1. The number of aromatic hydroxyl groups is 2. The van der Waals surface area contributed by atoms with Crippen LogP contribution < -0.4 is 16.0 Å². The number of aromatic nitrogens is 4. The normalized spacial score (nSPS) is 26.0. The van der Waals surface area contributed by atoms with Crippen molar-refractivity contribution in [2.75, 3.05) is 12.3 Å². The number of aliphatic hydroxyl groups excluding tert-OH is 1. The van der Waals surface area contributed by atoms with Gasteiger partial charge in [-0.3, -0.25) is 23.4 Å². The van der Waals surface area contributed by atoms with Crippen molar-refractivity contribution in [2.24, 2.45) is 0 Å². The third-order valence-corrected chi connectivity index (χ3v) is 9.36. The highest BCUT2D eigenvalue weighted by atomic mass is 31.2. The van der Waals surface area contributed by atoms with Crippen LogP contribution in [0.2, 0.25) is 0 Å². The van der Waals surface area contributed by atoms with Crippen LogP contribution >= 0.6 is 7.82 Å². The fraction of sp³-hybridized carbons (Fsp3) is 0.200. The lowest BCUT2D eigenvalue weighted by Gasteiger charge is -2.36. The second-order valence-electron chi connectivity index (χ2n) is 11.2. The van der Waals surface area contributed by atoms with Crippen molar-refractivity contribution >= 4 is 30.9 Å². The van der Waals surface area contributed by atoms with E-state index in [-0.39, 0.29) is 35.2 Å². The SMILES string of the molecule is Nc1nc2c(ncn2[C@@H]2O[C@@H]3COP(=O)(O)O[C@H]3[C@H]2O)c(=O)[nH]1.O=C1OC2(c3ccc(O)cc3Oc3cc(O)ccc32)c2ccccc21. The summed E-state index contributed by atoms with van der Waals surface area (Å²) in [4.78, 5) is 43.9. The molecule has 48 heavy (non-hydrogen) atoms. The van der Waals surface area contributed by atoms with Crippen LogP contribution in [-0.4, -0.2) is 70.6 Å². The van der Waals surface area contributed by atoms with Crippen molar-refractivity contribution in [3.63, 3.8) is 0 Å². The van der Waals surface area contributed by atoms with E-state index in [0.717, 1.165) is 0 Å². The van der Waals surface area contributed by atoms with Gasteiger partial charge in [-0.05, 0) is 30.3 Å². The molecule has 4 aliphatic rings. The van der Waals surface area contributed by atoms with Crippen molar-refractivity contribution in [3.05, 3.63) is 99.6 Å². The number of imidazole rings is 1. The third kappa shape index (κ3) is 4.56. The lowest BCUT2D eigenvalue weighted by atomic mass is 9.77. The minimum atomic E-state index is -4.22. The van der Waals surface area contributed by atoms with E-state index in [1.165, 1.54) is 35.2 Å². The topological polar surface area (TPSA) is 251 Å². The summed E-state index contributed by atoms with van der Waals surface area (Å²) in [5.41, 5.74) is 6.40. The van der Waals surface area contributed by atoms with E-state index < -0.39 is 49.5 Å². The summed E-state index contributed by atoms with van der Waals surface area (Å²) in [6.07, 6.45) is -2.85. The summed E-state index contributed by atoms with van der Waals surface area (Å²) in [5.74, 6) is 0.291. The zero-order valence-corrected chi connectivity index (χ0v) is 25.2. The van der Waals surface area contributed by atoms with Gasteiger partial charge in [0.1, 0.15) is 41.3 Å². The average Bonchev–Trinajstić information content (AvgIpc) is 3.69. The number of anilines is 1. The van der Waals surface area contributed by atoms with Crippen molar-refractivity contribution in [1.82, 2.24) is 19.5 Å². The van der Waals surface area contributed by atoms with Gasteiger partial charge in [-0.25, -0.2) is 14.3 Å². The maximum atomic E-state index is 12.5. The Kier molecular flexibility index (Phi) is 6.65. The Morgan fingerprint density at radius 1 is 1.00 bits per heavy atom. The zero-order valence-electron chi connectivity index (χ0n) is 24.3. The number of ether oxygens (including phenoxy) is 3. The van der Waals surface area contributed by atoms with Crippen LogP contribution in [0.25, 0.3) is 11.2 Å². The molecule has 5 aromatic rings. The fourth-order valence-electron chi connectivity index (χ4n) is 6.35. The highest BCUT2D eigenvalue weighted by Crippen LogP contribution is 2.57. The molecule has 246 valence electrons. The Bertz CT molecular complexity index is 2200. The molecule has 0 amide bonds. The predicted octanol–water partition coefficient (Wildman–Crippen LogP) is 2.14. The van der Waals surface area contributed by atoms with Crippen LogP contribution in [0.1, 0.15) is 33.3 Å². The Labute approximate surface area is 268 Å². The van der Waals surface area contributed by atoms with Gasteiger partial charge in [0.05, 0.1) is 18.5 Å². The van der Waals surface area contributed by atoms with E-state index in [1.54, 1.807) is 24.3 Å². The molecule has 5 atom stereocenters. The fourth-order valence-corrected chi connectivity index (χ4v) is 7.31. The van der Waals surface area contributed by atoms with E-state index in [9.17, 15) is 34.4 Å². The molecular formula is C30H24N5O12P. The van der Waals surface area contributed by atoms with Crippen molar-refractivity contribution in [3.8, 4) is 23.0 Å². The quantitative estimate of drug-likeness (QED) is 0.110. The van der Waals surface area contributed by atoms with Crippen molar-refractivity contribution < 1.29 is 52.8 Å². The number of phenols is 2. The predicted molar refractivity (Wildman–Crippen MR) is 161 cm³/mol. The van der Waals surface area contributed by atoms with Crippen molar-refractivity contribution in [1.29, 1.82) is 0 Å². The van der Waals surface area contributed by atoms with Gasteiger partial charge in [0.15, 0.2) is 23.0 Å². The Balaban J connectivity index is 0.000000141. The van der Waals surface area contributed by atoms with Gasteiger partial charge in [0.25, 0.3) is 5.56 Å². The molecule has 4 aliphatic heterocycles. The summed E-state index contributed by atoms with van der Waals surface area (Å²) < 4.78 is 39.7. The van der Waals surface area contributed by atoms with Gasteiger partial charge in [0, 0.05) is 28.8 Å². The van der Waals surface area contributed by atoms with E-state index in [4.69, 9.17) is 24.5 Å². The molecule has 0 bridgehead atoms. The first-order chi connectivity index (χ1) is 22.9. The minimum Gasteiger partial charge on any atom is -0.508 e. The third-order valence-electron chi connectivity index (χ3n) is 8.37. The Hall–Kier alpha value is -5.29. The number of aromatic amines is 1. The molecule has 2 aromatic heterocycles. The van der Waals surface area contributed by atoms with Crippen LogP contribution in [0.5, 0.6) is 23.0 Å². The second kappa shape index (κ2) is 10.6. The Morgan fingerprint density at radius 2 is 1.69 bits per heavy atom. The summed E-state index contributed by atoms with van der Waals surface area (Å²) in [7, 11) is -4.22. The number of esters is 1. The van der Waals surface area contributed by atoms with Gasteiger partial charge >= 0.3 is 13.8 Å². The number of carbonyl (C=O) groups is 1. The van der Waals surface area contributed by atoms with Crippen LogP contribution in [0, 0.1) is 0 Å². The molecule has 3 aromatic carbocycles. The number of nitrogens with one attached hydrogen (secondary N) is 1. The van der Waals surface area contributed by atoms with Gasteiger partial charge in [-0.1, -0.05) is 18.2 Å². The van der Waals surface area contributed by atoms with Crippen molar-refractivity contribution in [2.45, 2.75) is 30.1 Å². The summed E-state index contributed by atoms with van der Waals surface area (Å²) in [6.45, 7) is -0.214. The standard InChI is InChI=1S/C20H12O5.C10H12N5O7P/c21-11-5-7-15-17(9-11)24-18-10-12(22)6-8-16(18)20(15)14-4-2-1-3-13(14)19(23)25-20;11-10-13-7-4(8(17)14-10)12-2-15(7)9-5(16)6-3(21-9)1-20-23(18,19)22-6/h1-10,21-22H;2-3,5-6,9,16H,1H2,(H,18,19)(H3,11,13,14,17)/t;3-,5-,6-,9-/m.1/s1. The number of nitrogens with zero attached hydrogens (tertiary/aromatic N) is 3. The van der Waals surface area contributed by atoms with Gasteiger partial charge < -0.3 is 40.2 Å². The van der Waals surface area contributed by atoms with Crippen LogP contribution in [0.3, 0.4) is 0 Å². The number of nitrogens with two attached hydrogens (primary N) is 1. The van der Waals surface area contributed by atoms with Crippen LogP contribution in [0.15, 0.2) is 71.8 Å². The number of rotatable bonds is 1. The number of phosphoric acid groups is 1. The number of hydrogen-bond donors (Lipinski definition) is 6. The van der Waals surface area contributed by atoms with E-state index >= 15 is 0 Å². The molecule has 2 fully saturated rings. The van der Waals surface area contributed by atoms with Gasteiger partial charge in [-0.2, -0.15) is 4.98 Å². The number of phosphoric ester groups is 1. The number of H-pyrrole nitrogens is 1. The Morgan fingerprint density at radius 3 is 2.40 bits per heavy atom. The number of hydrogen-bond acceptors (Lipinski definition) is 14. The molecule has 18 heteroatoms. The minimum absolute atomic E-state index is 0.0230. The van der Waals surface area contributed by atoms with Gasteiger partial charge in [-0.15, -0.1) is 0 Å². The first kappa shape index (κ1) is 30.1. The molecule has 6 heterocycles. The lowest BCUT2D eigenvalue weighted by molar-refractivity contribution is -0.0664. The van der Waals surface area contributed by atoms with E-state index in [1.807, 2.05) is 12.1 Å². The molecular weight excluding hydrogens is 653 g/mol. The van der Waals surface area contributed by atoms with E-state index in [0.29, 0.717) is 33.8 Å². The second-order valence-corrected chi connectivity index (χ2v) is 12.7. The molecule has 1 spiro atoms. The molecule has 7 N–H and O–H groups in total. The molecule has 17 nitrogen and oxygen atoms in total. The lowest BCUT2D eigenvalue weighted by Crippen LogP contribution is -2.39. The van der Waals surface area contributed by atoms with Gasteiger partial charge in [0.2, 0.25) is 5.95 Å². The molecule has 0 saturated carbocycles. The highest BCUT2D eigenvalue weighted by molar-refractivity contribution is 7.47. The molecule has 0 aliphatic carbocycles. The molecule has 0 radical (unpaired) electrons. The zero-order chi connectivity index (χ0) is 33.5. The summed E-state index contributed by atoms with van der Waals surface area (Å²) in [6, 6.07) is 16.6. The smallest absolute Gasteiger partial charge is 0.472 e. The number of benzene rings is 3. The summed E-state index contributed by atoms with van der Waals surface area (Å²) >= 11 is 0. The maximum Gasteiger partial charge on any atom is 0.472 e. The molecule has 1 unspecified atom stereocenters. The number of fused-ring (bicyclic) bond motifs is 8. The largest absolute Gasteiger partial charge is 0.508 e. The monoisotopic (exact) mass is 677 g/mol. The van der Waals surface area contributed by atoms with E-state index in [2.05, 4.69) is 19.5 Å². The number of nitrogen functional groups attached to an aromatic ring is 1. The highest BCUT2D eigenvalue weighted by Gasteiger charge is 2.54. The summed E-state index contributed by atoms with van der Waals surface area (Å²) in [5, 5.41) is 30.0. The van der Waals surface area contributed by atoms with Crippen LogP contribution in [0.4, 0.5) is 5.95 Å². The average molecular weight is 678 g/mol. The van der Waals surface area contributed by atoms with Crippen LogP contribution in [-0.2, 0) is 28.7 Å². The maximum absolute atomic E-state index is 12.5. The number of carbonyl (C=O) groups excluding carboxylic acids is 1.